The molecule has 7 heteroatoms. The van der Waals surface area contributed by atoms with Crippen molar-refractivity contribution >= 4 is 13.8 Å². The summed E-state index contributed by atoms with van der Waals surface area (Å²) in [7, 11) is -4.57. The lowest BCUT2D eigenvalue weighted by atomic mass is 10.3. The van der Waals surface area contributed by atoms with Gasteiger partial charge in [-0.25, -0.2) is 9.36 Å². The SMILES string of the molecule is C=C(C)C(=O)Oc1ccc(OP(=O)(O)O)cc1. The van der Waals surface area contributed by atoms with Crippen LogP contribution >= 0.6 is 7.82 Å². The van der Waals surface area contributed by atoms with Crippen LogP contribution < -0.4 is 9.26 Å². The van der Waals surface area contributed by atoms with Crippen molar-refractivity contribution in [3.05, 3.63) is 36.4 Å². The fourth-order valence-corrected chi connectivity index (χ4v) is 1.30. The van der Waals surface area contributed by atoms with Crippen LogP contribution in [0, 0.1) is 0 Å². The Morgan fingerprint density at radius 2 is 1.71 bits per heavy atom. The molecule has 0 bridgehead atoms. The van der Waals surface area contributed by atoms with Gasteiger partial charge in [0.05, 0.1) is 0 Å². The largest absolute Gasteiger partial charge is 0.524 e. The molecule has 0 radical (unpaired) electrons. The minimum Gasteiger partial charge on any atom is -0.423 e. The number of phosphoric acid groups is 1. The molecule has 1 rings (SSSR count). The maximum absolute atomic E-state index is 11.1. The van der Waals surface area contributed by atoms with Crippen LogP contribution in [0.1, 0.15) is 6.92 Å². The summed E-state index contributed by atoms with van der Waals surface area (Å²) in [5.41, 5.74) is 0.251. The highest BCUT2D eigenvalue weighted by atomic mass is 31.2. The fraction of sp³-hybridized carbons (Fsp3) is 0.100. The van der Waals surface area contributed by atoms with Crippen LogP contribution in [0.5, 0.6) is 11.5 Å². The molecule has 0 saturated heterocycles. The predicted octanol–water partition coefficient (Wildman–Crippen LogP) is 1.64. The normalized spacial score (nSPS) is 10.8. The third-order valence-corrected chi connectivity index (χ3v) is 2.06. The van der Waals surface area contributed by atoms with E-state index in [4.69, 9.17) is 14.5 Å². The highest BCUT2D eigenvalue weighted by molar-refractivity contribution is 7.46. The van der Waals surface area contributed by atoms with E-state index in [0.29, 0.717) is 0 Å². The maximum atomic E-state index is 11.1. The van der Waals surface area contributed by atoms with E-state index in [1.54, 1.807) is 0 Å². The van der Waals surface area contributed by atoms with E-state index >= 15 is 0 Å². The van der Waals surface area contributed by atoms with Gasteiger partial charge in [-0.05, 0) is 31.2 Å². The molecule has 6 nitrogen and oxygen atoms in total. The zero-order valence-electron chi connectivity index (χ0n) is 8.99. The molecule has 0 atom stereocenters. The summed E-state index contributed by atoms with van der Waals surface area (Å²) >= 11 is 0. The predicted molar refractivity (Wildman–Crippen MR) is 59.6 cm³/mol. The number of hydrogen-bond donors (Lipinski definition) is 2. The van der Waals surface area contributed by atoms with Crippen molar-refractivity contribution in [1.29, 1.82) is 0 Å². The summed E-state index contributed by atoms with van der Waals surface area (Å²) in [5.74, 6) is -0.363. The average molecular weight is 258 g/mol. The van der Waals surface area contributed by atoms with Crippen molar-refractivity contribution in [2.24, 2.45) is 0 Å². The number of ether oxygens (including phenoxy) is 1. The molecule has 0 aliphatic carbocycles. The number of hydrogen-bond acceptors (Lipinski definition) is 4. The van der Waals surface area contributed by atoms with Crippen molar-refractivity contribution in [3.63, 3.8) is 0 Å². The Morgan fingerprint density at radius 3 is 2.12 bits per heavy atom. The number of esters is 1. The summed E-state index contributed by atoms with van der Waals surface area (Å²) in [5, 5.41) is 0. The second-order valence-corrected chi connectivity index (χ2v) is 4.39. The third-order valence-electron chi connectivity index (χ3n) is 1.61. The zero-order valence-corrected chi connectivity index (χ0v) is 9.89. The van der Waals surface area contributed by atoms with Crippen molar-refractivity contribution < 1.29 is 28.4 Å². The minimum absolute atomic E-state index is 0.0199. The van der Waals surface area contributed by atoms with E-state index in [-0.39, 0.29) is 17.1 Å². The molecule has 2 N–H and O–H groups in total. The number of carbonyl (C=O) groups is 1. The van der Waals surface area contributed by atoms with Gasteiger partial charge in [0.15, 0.2) is 0 Å². The Labute approximate surface area is 97.7 Å². The molecule has 92 valence electrons. The summed E-state index contributed by atoms with van der Waals surface area (Å²) < 4.78 is 19.7. The molecule has 0 aromatic heterocycles. The van der Waals surface area contributed by atoms with Gasteiger partial charge in [-0.1, -0.05) is 6.58 Å². The minimum atomic E-state index is -4.57. The van der Waals surface area contributed by atoms with E-state index < -0.39 is 13.8 Å². The second kappa shape index (κ2) is 5.14. The summed E-state index contributed by atoms with van der Waals surface area (Å²) in [6, 6.07) is 5.26. The van der Waals surface area contributed by atoms with Crippen LogP contribution in [0.2, 0.25) is 0 Å². The molecule has 0 heterocycles. The van der Waals surface area contributed by atoms with Crippen LogP contribution in [0.4, 0.5) is 0 Å². The molecular formula is C10H11O6P. The number of carbonyl (C=O) groups excluding carboxylic acids is 1. The van der Waals surface area contributed by atoms with E-state index in [0.717, 1.165) is 0 Å². The van der Waals surface area contributed by atoms with E-state index in [2.05, 4.69) is 11.1 Å². The average Bonchev–Trinajstić information content (AvgIpc) is 2.18. The topological polar surface area (TPSA) is 93.1 Å². The lowest BCUT2D eigenvalue weighted by Crippen LogP contribution is -2.07. The molecule has 1 aromatic rings. The standard InChI is InChI=1S/C10H11O6P/c1-7(2)10(11)15-8-3-5-9(6-4-8)16-17(12,13)14/h3-6H,1H2,2H3,(H2,12,13,14). The summed E-state index contributed by atoms with van der Waals surface area (Å²) in [6.45, 7) is 4.92. The first-order valence-corrected chi connectivity index (χ1v) is 6.04. The van der Waals surface area contributed by atoms with Gasteiger partial charge in [0.25, 0.3) is 0 Å². The Morgan fingerprint density at radius 1 is 1.24 bits per heavy atom. The van der Waals surface area contributed by atoms with Crippen molar-refractivity contribution in [3.8, 4) is 11.5 Å². The molecule has 0 aliphatic rings. The first-order chi connectivity index (χ1) is 7.78. The van der Waals surface area contributed by atoms with Crippen molar-refractivity contribution in [2.45, 2.75) is 6.92 Å². The van der Waals surface area contributed by atoms with Gasteiger partial charge < -0.3 is 9.26 Å². The van der Waals surface area contributed by atoms with Crippen molar-refractivity contribution in [1.82, 2.24) is 0 Å². The van der Waals surface area contributed by atoms with Gasteiger partial charge in [-0.2, -0.15) is 0 Å². The Kier molecular flexibility index (Phi) is 4.07. The van der Waals surface area contributed by atoms with Gasteiger partial charge in [0.2, 0.25) is 0 Å². The first-order valence-electron chi connectivity index (χ1n) is 4.51. The molecule has 0 aliphatic heterocycles. The van der Waals surface area contributed by atoms with Crippen LogP contribution in [0.25, 0.3) is 0 Å². The second-order valence-electron chi connectivity index (χ2n) is 3.22. The third kappa shape index (κ3) is 4.82. The molecule has 0 amide bonds. The van der Waals surface area contributed by atoms with Crippen LogP contribution in [0.15, 0.2) is 36.4 Å². The smallest absolute Gasteiger partial charge is 0.423 e. The molecule has 0 saturated carbocycles. The van der Waals surface area contributed by atoms with Gasteiger partial charge in [-0.3, -0.25) is 9.79 Å². The molecule has 0 spiro atoms. The number of rotatable bonds is 4. The highest BCUT2D eigenvalue weighted by Gasteiger charge is 2.15. The Bertz CT molecular complexity index is 472. The molecule has 17 heavy (non-hydrogen) atoms. The highest BCUT2D eigenvalue weighted by Crippen LogP contribution is 2.37. The first kappa shape index (κ1) is 13.4. The summed E-state index contributed by atoms with van der Waals surface area (Å²) in [4.78, 5) is 28.2. The fourth-order valence-electron chi connectivity index (χ4n) is 0.900. The Hall–Kier alpha value is -1.62. The van der Waals surface area contributed by atoms with E-state index in [1.165, 1.54) is 31.2 Å². The van der Waals surface area contributed by atoms with E-state index in [1.807, 2.05) is 0 Å². The number of benzene rings is 1. The van der Waals surface area contributed by atoms with Gasteiger partial charge in [0, 0.05) is 5.57 Å². The molecular weight excluding hydrogens is 247 g/mol. The number of phosphoric ester groups is 1. The maximum Gasteiger partial charge on any atom is 0.524 e. The Balaban J connectivity index is 2.72. The van der Waals surface area contributed by atoms with Gasteiger partial charge >= 0.3 is 13.8 Å². The molecule has 0 unspecified atom stereocenters. The lowest BCUT2D eigenvalue weighted by Gasteiger charge is -2.07. The molecule has 0 fully saturated rings. The van der Waals surface area contributed by atoms with Gasteiger partial charge in [-0.15, -0.1) is 0 Å². The zero-order chi connectivity index (χ0) is 13.1. The van der Waals surface area contributed by atoms with Crippen molar-refractivity contribution in [2.75, 3.05) is 0 Å². The van der Waals surface area contributed by atoms with E-state index in [9.17, 15) is 9.36 Å². The lowest BCUT2D eigenvalue weighted by molar-refractivity contribution is -0.130. The summed E-state index contributed by atoms with van der Waals surface area (Å²) in [6.07, 6.45) is 0. The molecule has 1 aromatic carbocycles. The monoisotopic (exact) mass is 258 g/mol. The quantitative estimate of drug-likeness (QED) is 0.369. The van der Waals surface area contributed by atoms with Crippen LogP contribution in [-0.4, -0.2) is 15.8 Å². The van der Waals surface area contributed by atoms with Gasteiger partial charge in [0.1, 0.15) is 11.5 Å². The van der Waals surface area contributed by atoms with Crippen LogP contribution in [-0.2, 0) is 9.36 Å². The van der Waals surface area contributed by atoms with Crippen LogP contribution in [0.3, 0.4) is 0 Å².